The average molecular weight is 188 g/mol. The van der Waals surface area contributed by atoms with E-state index in [1.807, 2.05) is 18.2 Å². The molecule has 1 aromatic rings. The van der Waals surface area contributed by atoms with E-state index in [9.17, 15) is 4.79 Å². The molecule has 0 unspecified atom stereocenters. The number of hydrogen-bond donors (Lipinski definition) is 0. The largest absolute Gasteiger partial charge is 0.273 e. The first-order chi connectivity index (χ1) is 6.77. The van der Waals surface area contributed by atoms with Crippen LogP contribution in [0.3, 0.4) is 0 Å². The second kappa shape index (κ2) is 3.62. The van der Waals surface area contributed by atoms with Gasteiger partial charge < -0.3 is 0 Å². The van der Waals surface area contributed by atoms with Crippen LogP contribution in [0.4, 0.5) is 0 Å². The second-order valence-electron chi connectivity index (χ2n) is 3.34. The van der Waals surface area contributed by atoms with Crippen LogP contribution >= 0.6 is 0 Å². The molecule has 0 bridgehead atoms. The van der Waals surface area contributed by atoms with E-state index in [0.717, 1.165) is 12.0 Å². The normalized spacial score (nSPS) is 14.8. The van der Waals surface area contributed by atoms with E-state index in [4.69, 9.17) is 0 Å². The summed E-state index contributed by atoms with van der Waals surface area (Å²) in [5.41, 5.74) is 2.36. The van der Waals surface area contributed by atoms with Crippen LogP contribution in [0.15, 0.2) is 29.4 Å². The monoisotopic (exact) mass is 188 g/mol. The van der Waals surface area contributed by atoms with Gasteiger partial charge in [0.1, 0.15) is 0 Å². The molecule has 0 atom stereocenters. The third kappa shape index (κ3) is 1.66. The second-order valence-corrected chi connectivity index (χ2v) is 3.34. The van der Waals surface area contributed by atoms with Crippen LogP contribution in [0.5, 0.6) is 0 Å². The summed E-state index contributed by atoms with van der Waals surface area (Å²) in [5.74, 6) is -0.00550. The molecule has 1 aliphatic rings. The Kier molecular flexibility index (Phi) is 2.31. The van der Waals surface area contributed by atoms with E-state index >= 15 is 0 Å². The molecular weight excluding hydrogens is 176 g/mol. The van der Waals surface area contributed by atoms with Gasteiger partial charge in [0.05, 0.1) is 6.21 Å². The molecule has 3 heteroatoms. The van der Waals surface area contributed by atoms with E-state index in [1.165, 1.54) is 17.5 Å². The highest BCUT2D eigenvalue weighted by Gasteiger charge is 2.11. The number of hydrogen-bond acceptors (Lipinski definition) is 2. The maximum atomic E-state index is 11.1. The molecule has 2 rings (SSSR count). The maximum absolute atomic E-state index is 11.1. The molecule has 1 amide bonds. The summed E-state index contributed by atoms with van der Waals surface area (Å²) in [4.78, 5) is 11.1. The summed E-state index contributed by atoms with van der Waals surface area (Å²) in [5, 5.41) is 5.62. The van der Waals surface area contributed by atoms with Crippen molar-refractivity contribution in [3.05, 3.63) is 35.4 Å². The standard InChI is InChI=1S/C11H12N2O/c1-9(14)13-7-6-10-4-2-3-5-11(10)8-12-13/h2-5,8H,6-7H2,1H3. The first-order valence-electron chi connectivity index (χ1n) is 4.67. The number of carbonyl (C=O) groups is 1. The first-order valence-corrected chi connectivity index (χ1v) is 4.67. The van der Waals surface area contributed by atoms with Gasteiger partial charge in [-0.1, -0.05) is 24.3 Å². The van der Waals surface area contributed by atoms with E-state index in [0.29, 0.717) is 6.54 Å². The smallest absolute Gasteiger partial charge is 0.239 e. The Labute approximate surface area is 83.0 Å². The predicted molar refractivity (Wildman–Crippen MR) is 55.1 cm³/mol. The lowest BCUT2D eigenvalue weighted by atomic mass is 10.1. The fourth-order valence-corrected chi connectivity index (χ4v) is 1.54. The minimum Gasteiger partial charge on any atom is -0.273 e. The Balaban J connectivity index is 2.29. The van der Waals surface area contributed by atoms with Crippen LogP contribution in [0.2, 0.25) is 0 Å². The van der Waals surface area contributed by atoms with E-state index in [1.54, 1.807) is 6.21 Å². The summed E-state index contributed by atoms with van der Waals surface area (Å²) in [7, 11) is 0. The summed E-state index contributed by atoms with van der Waals surface area (Å²) in [6.45, 7) is 2.20. The molecule has 0 N–H and O–H groups in total. The number of fused-ring (bicyclic) bond motifs is 1. The zero-order chi connectivity index (χ0) is 9.97. The van der Waals surface area contributed by atoms with Crippen molar-refractivity contribution >= 4 is 12.1 Å². The molecule has 0 aliphatic carbocycles. The average Bonchev–Trinajstić information content (AvgIpc) is 2.39. The Hall–Kier alpha value is -1.64. The summed E-state index contributed by atoms with van der Waals surface area (Å²) < 4.78 is 0. The lowest BCUT2D eigenvalue weighted by molar-refractivity contribution is -0.128. The molecule has 0 spiro atoms. The molecule has 0 aromatic heterocycles. The maximum Gasteiger partial charge on any atom is 0.239 e. The van der Waals surface area contributed by atoms with Gasteiger partial charge in [0.25, 0.3) is 0 Å². The number of rotatable bonds is 0. The summed E-state index contributed by atoms with van der Waals surface area (Å²) in [6, 6.07) is 8.08. The van der Waals surface area contributed by atoms with Gasteiger partial charge in [-0.2, -0.15) is 5.10 Å². The van der Waals surface area contributed by atoms with Crippen molar-refractivity contribution in [3.63, 3.8) is 0 Å². The van der Waals surface area contributed by atoms with Gasteiger partial charge in [-0.15, -0.1) is 0 Å². The van der Waals surface area contributed by atoms with E-state index in [2.05, 4.69) is 11.2 Å². The lowest BCUT2D eigenvalue weighted by Gasteiger charge is -2.11. The molecule has 1 aromatic carbocycles. The van der Waals surface area contributed by atoms with Crippen molar-refractivity contribution in [2.75, 3.05) is 6.54 Å². The van der Waals surface area contributed by atoms with Crippen molar-refractivity contribution in [1.29, 1.82) is 0 Å². The molecule has 0 fully saturated rings. The third-order valence-corrected chi connectivity index (χ3v) is 2.35. The van der Waals surface area contributed by atoms with E-state index in [-0.39, 0.29) is 5.91 Å². The Bertz CT molecular complexity index is 385. The van der Waals surface area contributed by atoms with Crippen LogP contribution in [0.25, 0.3) is 0 Å². The summed E-state index contributed by atoms with van der Waals surface area (Å²) in [6.07, 6.45) is 2.62. The Morgan fingerprint density at radius 2 is 2.21 bits per heavy atom. The minimum absolute atomic E-state index is 0.00550. The molecule has 1 aliphatic heterocycles. The topological polar surface area (TPSA) is 32.7 Å². The van der Waals surface area contributed by atoms with Crippen molar-refractivity contribution in [2.45, 2.75) is 13.3 Å². The van der Waals surface area contributed by atoms with Crippen molar-refractivity contribution < 1.29 is 4.79 Å². The van der Waals surface area contributed by atoms with Crippen molar-refractivity contribution in [2.24, 2.45) is 5.10 Å². The van der Waals surface area contributed by atoms with Gasteiger partial charge in [-0.25, -0.2) is 5.01 Å². The van der Waals surface area contributed by atoms with Crippen molar-refractivity contribution in [1.82, 2.24) is 5.01 Å². The fraction of sp³-hybridized carbons (Fsp3) is 0.273. The van der Waals surface area contributed by atoms with Crippen LogP contribution < -0.4 is 0 Å². The molecule has 0 saturated heterocycles. The highest BCUT2D eigenvalue weighted by Crippen LogP contribution is 2.11. The number of amides is 1. The predicted octanol–water partition coefficient (Wildman–Crippen LogP) is 1.43. The Morgan fingerprint density at radius 1 is 1.43 bits per heavy atom. The fourth-order valence-electron chi connectivity index (χ4n) is 1.54. The molecular formula is C11H12N2O. The van der Waals surface area contributed by atoms with Gasteiger partial charge in [0, 0.05) is 13.5 Å². The van der Waals surface area contributed by atoms with Crippen LogP contribution in [0.1, 0.15) is 18.1 Å². The number of carbonyl (C=O) groups excluding carboxylic acids is 1. The Morgan fingerprint density at radius 3 is 3.00 bits per heavy atom. The first kappa shape index (κ1) is 8.94. The molecule has 72 valence electrons. The van der Waals surface area contributed by atoms with Gasteiger partial charge >= 0.3 is 0 Å². The van der Waals surface area contributed by atoms with Crippen LogP contribution in [-0.2, 0) is 11.2 Å². The highest BCUT2D eigenvalue weighted by atomic mass is 16.2. The van der Waals surface area contributed by atoms with Gasteiger partial charge in [-0.3, -0.25) is 4.79 Å². The quantitative estimate of drug-likeness (QED) is 0.606. The zero-order valence-electron chi connectivity index (χ0n) is 8.10. The van der Waals surface area contributed by atoms with Crippen LogP contribution in [0, 0.1) is 0 Å². The number of benzene rings is 1. The zero-order valence-corrected chi connectivity index (χ0v) is 8.10. The molecule has 3 nitrogen and oxygen atoms in total. The van der Waals surface area contributed by atoms with Crippen LogP contribution in [-0.4, -0.2) is 23.7 Å². The number of hydrazone groups is 1. The SMILES string of the molecule is CC(=O)N1CCc2ccccc2C=N1. The van der Waals surface area contributed by atoms with Crippen molar-refractivity contribution in [3.8, 4) is 0 Å². The minimum atomic E-state index is -0.00550. The van der Waals surface area contributed by atoms with Gasteiger partial charge in [-0.05, 0) is 17.5 Å². The molecule has 1 heterocycles. The highest BCUT2D eigenvalue weighted by molar-refractivity contribution is 5.84. The molecule has 0 saturated carbocycles. The molecule has 14 heavy (non-hydrogen) atoms. The lowest BCUT2D eigenvalue weighted by Crippen LogP contribution is -2.24. The van der Waals surface area contributed by atoms with Gasteiger partial charge in [0.2, 0.25) is 5.91 Å². The number of nitrogens with zero attached hydrogens (tertiary/aromatic N) is 2. The third-order valence-electron chi connectivity index (χ3n) is 2.35. The van der Waals surface area contributed by atoms with Gasteiger partial charge in [0.15, 0.2) is 0 Å². The van der Waals surface area contributed by atoms with E-state index < -0.39 is 0 Å². The molecule has 0 radical (unpaired) electrons. The summed E-state index contributed by atoms with van der Waals surface area (Å²) >= 11 is 0.